The van der Waals surface area contributed by atoms with Crippen LogP contribution in [0.3, 0.4) is 0 Å². The van der Waals surface area contributed by atoms with Gasteiger partial charge in [-0.2, -0.15) is 0 Å². The Morgan fingerprint density at radius 2 is 2.00 bits per heavy atom. The molecule has 0 unspecified atom stereocenters. The van der Waals surface area contributed by atoms with Gasteiger partial charge in [0.1, 0.15) is 0 Å². The fraction of sp³-hybridized carbons (Fsp3) is 0.500. The molecule has 1 aromatic heterocycles. The lowest BCUT2D eigenvalue weighted by atomic mass is 10.4. The van der Waals surface area contributed by atoms with Crippen LogP contribution in [0.1, 0.15) is 19.4 Å². The molecule has 0 saturated heterocycles. The molecule has 0 amide bonds. The third-order valence-corrected chi connectivity index (χ3v) is 1.98. The number of thiophene rings is 1. The third-order valence-electron chi connectivity index (χ3n) is 1.00. The summed E-state index contributed by atoms with van der Waals surface area (Å²) in [5, 5.41) is 3.04. The van der Waals surface area contributed by atoms with Crippen molar-refractivity contribution in [2.45, 2.75) is 20.8 Å². The van der Waals surface area contributed by atoms with Crippen molar-refractivity contribution in [1.29, 1.82) is 0 Å². The summed E-state index contributed by atoms with van der Waals surface area (Å²) in [5.74, 6) is 0. The number of methoxy groups -OCH3 is 1. The van der Waals surface area contributed by atoms with Crippen molar-refractivity contribution in [3.8, 4) is 5.06 Å². The second-order valence-electron chi connectivity index (χ2n) is 1.60. The Bertz CT molecular complexity index is 170. The number of ether oxygens (including phenoxy) is 1. The molecule has 1 nitrogen and oxygen atoms in total. The maximum Gasteiger partial charge on any atom is 0.176 e. The molecule has 0 aliphatic heterocycles. The van der Waals surface area contributed by atoms with Crippen LogP contribution in [-0.2, 0) is 0 Å². The zero-order valence-electron chi connectivity index (χ0n) is 6.97. The van der Waals surface area contributed by atoms with Gasteiger partial charge in [-0.3, -0.25) is 0 Å². The Kier molecular flexibility index (Phi) is 5.03. The van der Waals surface area contributed by atoms with Gasteiger partial charge in [0.25, 0.3) is 0 Å². The first-order valence-corrected chi connectivity index (χ1v) is 4.30. The van der Waals surface area contributed by atoms with E-state index >= 15 is 0 Å². The van der Waals surface area contributed by atoms with Gasteiger partial charge in [0.2, 0.25) is 0 Å². The van der Waals surface area contributed by atoms with Crippen LogP contribution in [0.5, 0.6) is 5.06 Å². The van der Waals surface area contributed by atoms with Crippen LogP contribution in [0.25, 0.3) is 0 Å². The Morgan fingerprint density at radius 1 is 1.40 bits per heavy atom. The highest BCUT2D eigenvalue weighted by atomic mass is 32.1. The predicted octanol–water partition coefficient (Wildman–Crippen LogP) is 3.09. The number of aryl methyl sites for hydroxylation is 1. The minimum Gasteiger partial charge on any atom is -0.487 e. The summed E-state index contributed by atoms with van der Waals surface area (Å²) in [6.07, 6.45) is 0. The average molecular weight is 158 g/mol. The van der Waals surface area contributed by atoms with Crippen molar-refractivity contribution < 1.29 is 4.74 Å². The Hall–Kier alpha value is -0.500. The second kappa shape index (κ2) is 5.30. The highest BCUT2D eigenvalue weighted by Crippen LogP contribution is 2.23. The van der Waals surface area contributed by atoms with Gasteiger partial charge in [-0.05, 0) is 18.4 Å². The molecule has 0 radical (unpaired) electrons. The van der Waals surface area contributed by atoms with Crippen LogP contribution in [-0.4, -0.2) is 7.11 Å². The first-order chi connectivity index (χ1) is 4.84. The summed E-state index contributed by atoms with van der Waals surface area (Å²) in [4.78, 5) is 0. The van der Waals surface area contributed by atoms with E-state index in [1.54, 1.807) is 18.4 Å². The quantitative estimate of drug-likeness (QED) is 0.610. The van der Waals surface area contributed by atoms with Gasteiger partial charge in [-0.1, -0.05) is 13.8 Å². The lowest BCUT2D eigenvalue weighted by molar-refractivity contribution is 0.424. The summed E-state index contributed by atoms with van der Waals surface area (Å²) in [7, 11) is 1.69. The van der Waals surface area contributed by atoms with Gasteiger partial charge in [0.15, 0.2) is 5.06 Å². The van der Waals surface area contributed by atoms with E-state index in [4.69, 9.17) is 4.74 Å². The first-order valence-electron chi connectivity index (χ1n) is 3.42. The van der Waals surface area contributed by atoms with Crippen molar-refractivity contribution in [1.82, 2.24) is 0 Å². The minimum atomic E-state index is 1.02. The van der Waals surface area contributed by atoms with Gasteiger partial charge >= 0.3 is 0 Å². The molecule has 0 aliphatic rings. The maximum atomic E-state index is 5.00. The van der Waals surface area contributed by atoms with E-state index < -0.39 is 0 Å². The van der Waals surface area contributed by atoms with E-state index in [-0.39, 0.29) is 0 Å². The van der Waals surface area contributed by atoms with E-state index in [0.29, 0.717) is 0 Å². The fourth-order valence-electron chi connectivity index (χ4n) is 0.568. The van der Waals surface area contributed by atoms with Crippen LogP contribution in [0, 0.1) is 6.92 Å². The molecule has 1 aromatic rings. The molecule has 58 valence electrons. The van der Waals surface area contributed by atoms with Crippen molar-refractivity contribution in [2.24, 2.45) is 0 Å². The highest BCUT2D eigenvalue weighted by Gasteiger charge is 1.94. The van der Waals surface area contributed by atoms with E-state index in [0.717, 1.165) is 5.06 Å². The molecule has 1 rings (SSSR count). The van der Waals surface area contributed by atoms with Crippen molar-refractivity contribution in [3.63, 3.8) is 0 Å². The van der Waals surface area contributed by atoms with Crippen LogP contribution < -0.4 is 4.74 Å². The Morgan fingerprint density at radius 3 is 2.20 bits per heavy atom. The first kappa shape index (κ1) is 9.50. The van der Waals surface area contributed by atoms with Gasteiger partial charge in [-0.25, -0.2) is 0 Å². The van der Waals surface area contributed by atoms with Crippen molar-refractivity contribution >= 4 is 11.3 Å². The smallest absolute Gasteiger partial charge is 0.176 e. The second-order valence-corrected chi connectivity index (χ2v) is 2.47. The minimum absolute atomic E-state index is 1.02. The van der Waals surface area contributed by atoms with Crippen LogP contribution >= 0.6 is 11.3 Å². The lowest BCUT2D eigenvalue weighted by Gasteiger charge is -1.92. The molecule has 2 heteroatoms. The molecule has 0 saturated carbocycles. The Balaban J connectivity index is 0.000000371. The molecule has 10 heavy (non-hydrogen) atoms. The predicted molar refractivity (Wildman–Crippen MR) is 47.0 cm³/mol. The van der Waals surface area contributed by atoms with Crippen LogP contribution in [0.4, 0.5) is 0 Å². The maximum absolute atomic E-state index is 5.00. The summed E-state index contributed by atoms with van der Waals surface area (Å²) in [5.41, 5.74) is 1.22. The SMILES string of the molecule is CC.COc1sccc1C. The molecule has 0 aromatic carbocycles. The van der Waals surface area contributed by atoms with Crippen LogP contribution in [0.2, 0.25) is 0 Å². The highest BCUT2D eigenvalue weighted by molar-refractivity contribution is 7.12. The molecule has 0 bridgehead atoms. The van der Waals surface area contributed by atoms with Crippen LogP contribution in [0.15, 0.2) is 11.4 Å². The molecule has 0 atom stereocenters. The zero-order chi connectivity index (χ0) is 7.98. The van der Waals surface area contributed by atoms with Gasteiger partial charge < -0.3 is 4.74 Å². The number of rotatable bonds is 1. The fourth-order valence-corrected chi connectivity index (χ4v) is 1.31. The average Bonchev–Trinajstić information content (AvgIpc) is 2.39. The van der Waals surface area contributed by atoms with E-state index in [1.807, 2.05) is 32.2 Å². The molecule has 0 fully saturated rings. The molecular weight excluding hydrogens is 144 g/mol. The van der Waals surface area contributed by atoms with E-state index in [1.165, 1.54) is 5.56 Å². The topological polar surface area (TPSA) is 9.23 Å². The summed E-state index contributed by atoms with van der Waals surface area (Å²) in [6, 6.07) is 2.05. The number of hydrogen-bond acceptors (Lipinski definition) is 2. The molecular formula is C8H14OS. The molecule has 0 N–H and O–H groups in total. The standard InChI is InChI=1S/C6H8OS.C2H6/c1-5-3-4-8-6(5)7-2;1-2/h3-4H,1-2H3;1-2H3. The summed E-state index contributed by atoms with van der Waals surface area (Å²) >= 11 is 1.63. The van der Waals surface area contributed by atoms with Gasteiger partial charge in [0.05, 0.1) is 7.11 Å². The van der Waals surface area contributed by atoms with Crippen molar-refractivity contribution in [3.05, 3.63) is 17.0 Å². The zero-order valence-corrected chi connectivity index (χ0v) is 7.79. The Labute approximate surface area is 66.7 Å². The summed E-state index contributed by atoms with van der Waals surface area (Å²) in [6.45, 7) is 6.04. The monoisotopic (exact) mass is 158 g/mol. The van der Waals surface area contributed by atoms with E-state index in [9.17, 15) is 0 Å². The van der Waals surface area contributed by atoms with E-state index in [2.05, 4.69) is 0 Å². The van der Waals surface area contributed by atoms with Crippen molar-refractivity contribution in [2.75, 3.05) is 7.11 Å². The van der Waals surface area contributed by atoms with Gasteiger partial charge in [-0.15, -0.1) is 11.3 Å². The number of hydrogen-bond donors (Lipinski definition) is 0. The van der Waals surface area contributed by atoms with Gasteiger partial charge in [0, 0.05) is 5.56 Å². The largest absolute Gasteiger partial charge is 0.487 e. The lowest BCUT2D eigenvalue weighted by Crippen LogP contribution is -1.77. The molecule has 0 aliphatic carbocycles. The molecule has 1 heterocycles. The normalized spacial score (nSPS) is 8.00. The molecule has 0 spiro atoms. The summed E-state index contributed by atoms with van der Waals surface area (Å²) < 4.78 is 5.00. The third kappa shape index (κ3) is 2.40.